The van der Waals surface area contributed by atoms with Crippen LogP contribution in [0.1, 0.15) is 39.5 Å². The van der Waals surface area contributed by atoms with Crippen LogP contribution in [0.15, 0.2) is 12.4 Å². The van der Waals surface area contributed by atoms with Crippen molar-refractivity contribution in [2.45, 2.75) is 52.1 Å². The van der Waals surface area contributed by atoms with Crippen molar-refractivity contribution in [2.75, 3.05) is 5.73 Å². The van der Waals surface area contributed by atoms with E-state index in [1.807, 2.05) is 0 Å². The zero-order chi connectivity index (χ0) is 13.2. The summed E-state index contributed by atoms with van der Waals surface area (Å²) in [6.45, 7) is 4.77. The van der Waals surface area contributed by atoms with E-state index in [0.29, 0.717) is 17.1 Å². The second kappa shape index (κ2) is 5.00. The Morgan fingerprint density at radius 3 is 3.06 bits per heavy atom. The molecule has 0 saturated heterocycles. The summed E-state index contributed by atoms with van der Waals surface area (Å²) in [5.74, 6) is 0.0146. The zero-order valence-corrected chi connectivity index (χ0v) is 11.1. The van der Waals surface area contributed by atoms with Gasteiger partial charge in [-0.3, -0.25) is 9.48 Å². The maximum absolute atomic E-state index is 11.9. The quantitative estimate of drug-likeness (QED) is 0.855. The van der Waals surface area contributed by atoms with Gasteiger partial charge in [0.05, 0.1) is 11.9 Å². The summed E-state index contributed by atoms with van der Waals surface area (Å²) in [7, 11) is 0. The van der Waals surface area contributed by atoms with E-state index in [9.17, 15) is 4.79 Å². The first-order chi connectivity index (χ1) is 8.44. The third kappa shape index (κ3) is 3.48. The number of anilines is 1. The third-order valence-electron chi connectivity index (χ3n) is 3.53. The van der Waals surface area contributed by atoms with Crippen molar-refractivity contribution in [3.63, 3.8) is 0 Å². The Kier molecular flexibility index (Phi) is 3.59. The molecule has 0 bridgehead atoms. The van der Waals surface area contributed by atoms with Crippen molar-refractivity contribution in [3.8, 4) is 0 Å². The van der Waals surface area contributed by atoms with E-state index in [4.69, 9.17) is 5.73 Å². The van der Waals surface area contributed by atoms with Crippen LogP contribution < -0.4 is 11.1 Å². The summed E-state index contributed by atoms with van der Waals surface area (Å²) in [5.41, 5.74) is 6.48. The molecule has 1 atom stereocenters. The topological polar surface area (TPSA) is 72.9 Å². The number of nitrogen functional groups attached to an aromatic ring is 1. The van der Waals surface area contributed by atoms with Gasteiger partial charge in [0.25, 0.3) is 0 Å². The van der Waals surface area contributed by atoms with E-state index in [2.05, 4.69) is 24.3 Å². The minimum absolute atomic E-state index is 0.0146. The minimum atomic E-state index is 0.0146. The molecule has 0 aliphatic heterocycles. The highest BCUT2D eigenvalue weighted by Gasteiger charge is 2.28. The van der Waals surface area contributed by atoms with Crippen LogP contribution in [0.5, 0.6) is 0 Å². The SMILES string of the molecule is CC1(C)CCCC(NC(=O)Cn2cc(N)cn2)C1. The molecule has 1 amide bonds. The molecule has 5 heteroatoms. The largest absolute Gasteiger partial charge is 0.396 e. The number of nitrogens with two attached hydrogens (primary N) is 1. The molecule has 100 valence electrons. The van der Waals surface area contributed by atoms with Crippen LogP contribution in [0.2, 0.25) is 0 Å². The summed E-state index contributed by atoms with van der Waals surface area (Å²) in [4.78, 5) is 11.9. The molecule has 1 aliphatic rings. The summed E-state index contributed by atoms with van der Waals surface area (Å²) in [5, 5.41) is 7.10. The summed E-state index contributed by atoms with van der Waals surface area (Å²) in [6.07, 6.45) is 7.79. The minimum Gasteiger partial charge on any atom is -0.396 e. The van der Waals surface area contributed by atoms with Gasteiger partial charge in [0.15, 0.2) is 0 Å². The highest BCUT2D eigenvalue weighted by molar-refractivity contribution is 5.76. The predicted molar refractivity (Wildman–Crippen MR) is 70.8 cm³/mol. The van der Waals surface area contributed by atoms with Crippen LogP contribution in [0, 0.1) is 5.41 Å². The zero-order valence-electron chi connectivity index (χ0n) is 11.1. The molecule has 0 spiro atoms. The molecule has 2 rings (SSSR count). The standard InChI is InChI=1S/C13H22N4O/c1-13(2)5-3-4-11(6-13)16-12(18)9-17-8-10(14)7-15-17/h7-8,11H,3-6,9,14H2,1-2H3,(H,16,18). The van der Waals surface area contributed by atoms with Crippen LogP contribution in [-0.2, 0) is 11.3 Å². The second-order valence-electron chi connectivity index (χ2n) is 6.00. The van der Waals surface area contributed by atoms with Gasteiger partial charge < -0.3 is 11.1 Å². The molecule has 18 heavy (non-hydrogen) atoms. The molecule has 1 aromatic heterocycles. The van der Waals surface area contributed by atoms with Crippen LogP contribution in [0.25, 0.3) is 0 Å². The van der Waals surface area contributed by atoms with E-state index < -0.39 is 0 Å². The van der Waals surface area contributed by atoms with Crippen molar-refractivity contribution in [1.82, 2.24) is 15.1 Å². The third-order valence-corrected chi connectivity index (χ3v) is 3.53. The van der Waals surface area contributed by atoms with Gasteiger partial charge in [-0.15, -0.1) is 0 Å². The van der Waals surface area contributed by atoms with Crippen LogP contribution in [-0.4, -0.2) is 21.7 Å². The van der Waals surface area contributed by atoms with Gasteiger partial charge in [-0.2, -0.15) is 5.10 Å². The lowest BCUT2D eigenvalue weighted by atomic mass is 9.75. The molecule has 1 saturated carbocycles. The van der Waals surface area contributed by atoms with Gasteiger partial charge in [-0.1, -0.05) is 20.3 Å². The number of amides is 1. The molecule has 1 unspecified atom stereocenters. The lowest BCUT2D eigenvalue weighted by molar-refractivity contribution is -0.123. The number of nitrogens with zero attached hydrogens (tertiary/aromatic N) is 2. The van der Waals surface area contributed by atoms with Gasteiger partial charge >= 0.3 is 0 Å². The molecule has 0 aromatic carbocycles. The number of hydrogen-bond donors (Lipinski definition) is 2. The summed E-state index contributed by atoms with van der Waals surface area (Å²) < 4.78 is 1.57. The number of carbonyl (C=O) groups is 1. The van der Waals surface area contributed by atoms with E-state index >= 15 is 0 Å². The average Bonchev–Trinajstić information content (AvgIpc) is 2.62. The maximum Gasteiger partial charge on any atom is 0.241 e. The Morgan fingerprint density at radius 2 is 2.44 bits per heavy atom. The van der Waals surface area contributed by atoms with Gasteiger partial charge in [0.2, 0.25) is 5.91 Å². The molecule has 5 nitrogen and oxygen atoms in total. The van der Waals surface area contributed by atoms with E-state index in [0.717, 1.165) is 12.8 Å². The van der Waals surface area contributed by atoms with Gasteiger partial charge in [0.1, 0.15) is 6.54 Å². The highest BCUT2D eigenvalue weighted by atomic mass is 16.2. The first-order valence-electron chi connectivity index (χ1n) is 6.52. The second-order valence-corrected chi connectivity index (χ2v) is 6.00. The van der Waals surface area contributed by atoms with Crippen molar-refractivity contribution in [1.29, 1.82) is 0 Å². The fourth-order valence-electron chi connectivity index (χ4n) is 2.71. The molecule has 3 N–H and O–H groups in total. The van der Waals surface area contributed by atoms with Crippen molar-refractivity contribution in [2.24, 2.45) is 5.41 Å². The highest BCUT2D eigenvalue weighted by Crippen LogP contribution is 2.34. The Balaban J connectivity index is 1.84. The molecular weight excluding hydrogens is 228 g/mol. The average molecular weight is 250 g/mol. The molecule has 1 aliphatic carbocycles. The molecule has 1 fully saturated rings. The Bertz CT molecular complexity index is 424. The van der Waals surface area contributed by atoms with Gasteiger partial charge in [-0.25, -0.2) is 0 Å². The fourth-order valence-corrected chi connectivity index (χ4v) is 2.71. The predicted octanol–water partition coefficient (Wildman–Crippen LogP) is 1.55. The smallest absolute Gasteiger partial charge is 0.241 e. The lowest BCUT2D eigenvalue weighted by Crippen LogP contribution is -2.42. The van der Waals surface area contributed by atoms with E-state index in [-0.39, 0.29) is 12.5 Å². The fraction of sp³-hybridized carbons (Fsp3) is 0.692. The Morgan fingerprint density at radius 1 is 1.67 bits per heavy atom. The van der Waals surface area contributed by atoms with Crippen LogP contribution in [0.4, 0.5) is 5.69 Å². The molecule has 0 radical (unpaired) electrons. The molecule has 1 heterocycles. The number of aromatic nitrogens is 2. The van der Waals surface area contributed by atoms with Crippen LogP contribution >= 0.6 is 0 Å². The van der Waals surface area contributed by atoms with Crippen molar-refractivity contribution >= 4 is 11.6 Å². The number of rotatable bonds is 3. The van der Waals surface area contributed by atoms with Gasteiger partial charge in [0, 0.05) is 12.2 Å². The van der Waals surface area contributed by atoms with Crippen LogP contribution in [0.3, 0.4) is 0 Å². The monoisotopic (exact) mass is 250 g/mol. The molecule has 1 aromatic rings. The summed E-state index contributed by atoms with van der Waals surface area (Å²) >= 11 is 0. The first-order valence-corrected chi connectivity index (χ1v) is 6.52. The van der Waals surface area contributed by atoms with Crippen molar-refractivity contribution < 1.29 is 4.79 Å². The number of carbonyl (C=O) groups excluding carboxylic acids is 1. The van der Waals surface area contributed by atoms with Crippen molar-refractivity contribution in [3.05, 3.63) is 12.4 Å². The summed E-state index contributed by atoms with van der Waals surface area (Å²) in [6, 6.07) is 0.300. The first kappa shape index (κ1) is 12.9. The van der Waals surface area contributed by atoms with E-state index in [1.54, 1.807) is 17.1 Å². The number of hydrogen-bond acceptors (Lipinski definition) is 3. The lowest BCUT2D eigenvalue weighted by Gasteiger charge is -2.35. The van der Waals surface area contributed by atoms with Gasteiger partial charge in [-0.05, 0) is 24.7 Å². The number of nitrogens with one attached hydrogen (secondary N) is 1. The Labute approximate surface area is 108 Å². The maximum atomic E-state index is 11.9. The Hall–Kier alpha value is -1.52. The normalized spacial score (nSPS) is 22.7. The molecular formula is C13H22N4O. The van der Waals surface area contributed by atoms with E-state index in [1.165, 1.54) is 12.8 Å².